The van der Waals surface area contributed by atoms with Crippen molar-refractivity contribution in [3.05, 3.63) is 85.7 Å². The normalized spacial score (nSPS) is 15.3. The zero-order valence-electron chi connectivity index (χ0n) is 19.2. The summed E-state index contributed by atoms with van der Waals surface area (Å²) in [4.78, 5) is 31.2. The quantitative estimate of drug-likeness (QED) is 0.307. The monoisotopic (exact) mass is 559 g/mol. The van der Waals surface area contributed by atoms with E-state index in [4.69, 9.17) is 39.5 Å². The van der Waals surface area contributed by atoms with Crippen molar-refractivity contribution in [1.82, 2.24) is 9.55 Å². The Morgan fingerprint density at radius 1 is 1.11 bits per heavy atom. The van der Waals surface area contributed by atoms with Crippen LogP contribution in [-0.2, 0) is 0 Å². The van der Waals surface area contributed by atoms with Crippen LogP contribution in [0.15, 0.2) is 59.7 Å². The highest BCUT2D eigenvalue weighted by atomic mass is 35.5. The average Bonchev–Trinajstić information content (AvgIpc) is 3.33. The number of fused-ring (bicyclic) bond motifs is 1. The Hall–Kier alpha value is -3.46. The van der Waals surface area contributed by atoms with Crippen LogP contribution in [0, 0.1) is 0 Å². The number of aromatic nitrogens is 2. The second kappa shape index (κ2) is 10.1. The van der Waals surface area contributed by atoms with Crippen molar-refractivity contribution in [3.63, 3.8) is 0 Å². The van der Waals surface area contributed by atoms with Crippen LogP contribution in [0.2, 0.25) is 15.1 Å². The summed E-state index contributed by atoms with van der Waals surface area (Å²) in [6.07, 6.45) is 4.60. The molecule has 1 aliphatic heterocycles. The number of phenols is 1. The number of halogens is 3. The van der Waals surface area contributed by atoms with Crippen LogP contribution in [0.25, 0.3) is 16.6 Å². The summed E-state index contributed by atoms with van der Waals surface area (Å²) >= 11 is 19.0. The first-order valence-electron chi connectivity index (χ1n) is 11.4. The number of hydrogen-bond acceptors (Lipinski definition) is 6. The molecule has 2 aromatic heterocycles. The molecule has 1 fully saturated rings. The number of ether oxygens (including phenoxy) is 1. The molecule has 5 rings (SSSR count). The molecular weight excluding hydrogens is 541 g/mol. The summed E-state index contributed by atoms with van der Waals surface area (Å²) < 4.78 is 7.45. The molecule has 11 heteroatoms. The molecule has 2 aromatic carbocycles. The van der Waals surface area contributed by atoms with Crippen molar-refractivity contribution in [1.29, 1.82) is 0 Å². The third-order valence-electron chi connectivity index (χ3n) is 6.34. The minimum Gasteiger partial charge on any atom is -0.506 e. The Balaban J connectivity index is 1.61. The molecule has 0 bridgehead atoms. The number of anilines is 1. The van der Waals surface area contributed by atoms with E-state index in [9.17, 15) is 19.8 Å². The number of hydrogen-bond donors (Lipinski definition) is 2. The fraction of sp³-hybridized carbons (Fsp3) is 0.192. The summed E-state index contributed by atoms with van der Waals surface area (Å²) in [7, 11) is 0. The third kappa shape index (κ3) is 4.80. The van der Waals surface area contributed by atoms with Gasteiger partial charge in [-0.05, 0) is 55.3 Å². The predicted octanol–water partition coefficient (Wildman–Crippen LogP) is 5.80. The molecule has 2 N–H and O–H groups in total. The molecule has 3 heterocycles. The second-order valence-corrected chi connectivity index (χ2v) is 9.82. The smallest absolute Gasteiger partial charge is 0.341 e. The van der Waals surface area contributed by atoms with Gasteiger partial charge in [-0.15, -0.1) is 0 Å². The van der Waals surface area contributed by atoms with E-state index in [1.54, 1.807) is 35.0 Å². The number of carbonyl (C=O) groups is 1. The van der Waals surface area contributed by atoms with Gasteiger partial charge < -0.3 is 24.4 Å². The molecule has 1 aliphatic rings. The molecule has 0 unspecified atom stereocenters. The van der Waals surface area contributed by atoms with E-state index < -0.39 is 17.0 Å². The second-order valence-electron chi connectivity index (χ2n) is 8.59. The number of aromatic hydroxyl groups is 1. The standard InChI is InChI=1S/C26H20Cl3N3O5/c27-18-4-1-7-30-25(18)37-13-15-3-2-8-31(15)22-11-21-16(10-19(22)28)24(34)17(26(35)36)12-32(21)14-5-6-23(33)20(29)9-14/h1,4-7,9-12,15,33H,2-3,8,13H2,(H,35,36)/t15-/m1/s1. The molecule has 0 amide bonds. The van der Waals surface area contributed by atoms with E-state index in [1.165, 1.54) is 24.4 Å². The van der Waals surface area contributed by atoms with Gasteiger partial charge in [-0.1, -0.05) is 34.8 Å². The molecule has 4 aromatic rings. The van der Waals surface area contributed by atoms with Gasteiger partial charge in [0.15, 0.2) is 0 Å². The number of pyridine rings is 2. The van der Waals surface area contributed by atoms with Crippen molar-refractivity contribution in [2.45, 2.75) is 18.9 Å². The van der Waals surface area contributed by atoms with E-state index in [2.05, 4.69) is 9.88 Å². The van der Waals surface area contributed by atoms with Crippen LogP contribution in [0.5, 0.6) is 11.6 Å². The van der Waals surface area contributed by atoms with Gasteiger partial charge in [-0.25, -0.2) is 9.78 Å². The molecule has 0 spiro atoms. The van der Waals surface area contributed by atoms with Gasteiger partial charge in [-0.2, -0.15) is 0 Å². The highest BCUT2D eigenvalue weighted by Gasteiger charge is 2.28. The highest BCUT2D eigenvalue weighted by Crippen LogP contribution is 2.36. The van der Waals surface area contributed by atoms with Crippen molar-refractivity contribution in [3.8, 4) is 17.3 Å². The third-order valence-corrected chi connectivity index (χ3v) is 7.23. The van der Waals surface area contributed by atoms with Crippen LogP contribution in [0.4, 0.5) is 5.69 Å². The predicted molar refractivity (Wildman–Crippen MR) is 143 cm³/mol. The lowest BCUT2D eigenvalue weighted by molar-refractivity contribution is 0.0695. The minimum absolute atomic E-state index is 0.0328. The van der Waals surface area contributed by atoms with Gasteiger partial charge >= 0.3 is 5.97 Å². The molecule has 37 heavy (non-hydrogen) atoms. The fourth-order valence-corrected chi connectivity index (χ4v) is 5.17. The maximum Gasteiger partial charge on any atom is 0.341 e. The van der Waals surface area contributed by atoms with E-state index in [0.717, 1.165) is 12.8 Å². The average molecular weight is 561 g/mol. The van der Waals surface area contributed by atoms with Crippen LogP contribution < -0.4 is 15.1 Å². The Labute approximate surface area is 226 Å². The van der Waals surface area contributed by atoms with Crippen LogP contribution >= 0.6 is 34.8 Å². The lowest BCUT2D eigenvalue weighted by Gasteiger charge is -2.28. The molecular formula is C26H20Cl3N3O5. The summed E-state index contributed by atoms with van der Waals surface area (Å²) in [5.74, 6) is -1.14. The summed E-state index contributed by atoms with van der Waals surface area (Å²) in [5.41, 5.74) is 0.516. The number of carboxylic acid groups (broad SMARTS) is 1. The van der Waals surface area contributed by atoms with Gasteiger partial charge in [0.2, 0.25) is 11.3 Å². The molecule has 0 aliphatic carbocycles. The van der Waals surface area contributed by atoms with E-state index >= 15 is 0 Å². The Kier molecular flexibility index (Phi) is 6.90. The van der Waals surface area contributed by atoms with Gasteiger partial charge in [0.1, 0.15) is 22.9 Å². The zero-order chi connectivity index (χ0) is 26.3. The number of benzene rings is 2. The summed E-state index contributed by atoms with van der Waals surface area (Å²) in [6.45, 7) is 1.03. The largest absolute Gasteiger partial charge is 0.506 e. The molecule has 1 saturated heterocycles. The molecule has 1 atom stereocenters. The van der Waals surface area contributed by atoms with Gasteiger partial charge in [-0.3, -0.25) is 4.79 Å². The van der Waals surface area contributed by atoms with E-state index in [1.807, 2.05) is 0 Å². The van der Waals surface area contributed by atoms with Gasteiger partial charge in [0.05, 0.1) is 27.3 Å². The van der Waals surface area contributed by atoms with Crippen molar-refractivity contribution in [2.24, 2.45) is 0 Å². The maximum atomic E-state index is 13.0. The number of rotatable bonds is 6. The van der Waals surface area contributed by atoms with Crippen LogP contribution in [0.3, 0.4) is 0 Å². The number of nitrogens with zero attached hydrogens (tertiary/aromatic N) is 3. The zero-order valence-corrected chi connectivity index (χ0v) is 21.5. The Morgan fingerprint density at radius 2 is 1.92 bits per heavy atom. The molecule has 0 radical (unpaired) electrons. The van der Waals surface area contributed by atoms with E-state index in [0.29, 0.717) is 46.0 Å². The maximum absolute atomic E-state index is 13.0. The van der Waals surface area contributed by atoms with Crippen molar-refractivity contribution >= 4 is 57.4 Å². The lowest BCUT2D eigenvalue weighted by Crippen LogP contribution is -2.34. The number of carboxylic acids is 1. The lowest BCUT2D eigenvalue weighted by atomic mass is 10.1. The number of phenolic OH excluding ortho intramolecular Hbond substituents is 1. The Bertz CT molecular complexity index is 1590. The molecule has 8 nitrogen and oxygen atoms in total. The topological polar surface area (TPSA) is 105 Å². The highest BCUT2D eigenvalue weighted by molar-refractivity contribution is 6.34. The minimum atomic E-state index is -1.37. The summed E-state index contributed by atoms with van der Waals surface area (Å²) in [6, 6.07) is 11.1. The SMILES string of the molecule is O=C(O)c1cn(-c2ccc(O)c(Cl)c2)c2cc(N3CCC[C@@H]3COc3ncccc3Cl)c(Cl)cc2c1=O. The van der Waals surface area contributed by atoms with Gasteiger partial charge in [0.25, 0.3) is 0 Å². The van der Waals surface area contributed by atoms with Crippen LogP contribution in [0.1, 0.15) is 23.2 Å². The van der Waals surface area contributed by atoms with Crippen LogP contribution in [-0.4, -0.2) is 44.9 Å². The van der Waals surface area contributed by atoms with Crippen molar-refractivity contribution < 1.29 is 19.7 Å². The number of aromatic carboxylic acids is 1. The molecule has 0 saturated carbocycles. The van der Waals surface area contributed by atoms with Crippen molar-refractivity contribution in [2.75, 3.05) is 18.1 Å². The Morgan fingerprint density at radius 3 is 2.65 bits per heavy atom. The molecule has 190 valence electrons. The first-order valence-corrected chi connectivity index (χ1v) is 12.5. The first kappa shape index (κ1) is 25.2. The van der Waals surface area contributed by atoms with E-state index in [-0.39, 0.29) is 22.2 Å². The summed E-state index contributed by atoms with van der Waals surface area (Å²) in [5, 5.41) is 20.5. The first-order chi connectivity index (χ1) is 17.7. The van der Waals surface area contributed by atoms with Gasteiger partial charge in [0, 0.05) is 30.0 Å². The fourth-order valence-electron chi connectivity index (χ4n) is 4.54.